The van der Waals surface area contributed by atoms with Crippen LogP contribution in [-0.2, 0) is 10.0 Å². The van der Waals surface area contributed by atoms with E-state index in [0.29, 0.717) is 25.2 Å². The third-order valence-corrected chi connectivity index (χ3v) is 6.68. The third kappa shape index (κ3) is 3.80. The molecule has 1 heterocycles. The third-order valence-electron chi connectivity index (χ3n) is 5.32. The maximum absolute atomic E-state index is 13.9. The first-order valence-electron chi connectivity index (χ1n) is 8.84. The molecule has 1 aromatic rings. The van der Waals surface area contributed by atoms with Crippen LogP contribution in [0.15, 0.2) is 18.2 Å². The Morgan fingerprint density at radius 2 is 1.84 bits per heavy atom. The average molecular weight is 365 g/mol. The summed E-state index contributed by atoms with van der Waals surface area (Å²) < 4.78 is 40.2. The number of nitrogens with zero attached hydrogens (tertiary/aromatic N) is 3. The van der Waals surface area contributed by atoms with Gasteiger partial charge in [-0.2, -0.15) is 9.57 Å². The Morgan fingerprint density at radius 1 is 1.16 bits per heavy atom. The highest BCUT2D eigenvalue weighted by molar-refractivity contribution is 7.88. The van der Waals surface area contributed by atoms with Crippen molar-refractivity contribution in [3.8, 4) is 6.07 Å². The molecule has 1 saturated carbocycles. The predicted molar refractivity (Wildman–Crippen MR) is 95.3 cm³/mol. The van der Waals surface area contributed by atoms with Gasteiger partial charge in [0.2, 0.25) is 10.0 Å². The van der Waals surface area contributed by atoms with Gasteiger partial charge in [-0.25, -0.2) is 12.8 Å². The van der Waals surface area contributed by atoms with E-state index in [1.165, 1.54) is 12.3 Å². The minimum atomic E-state index is -3.24. The SMILES string of the molecule is CS(=O)(=O)N(C1CCC1)C1CCCN(c2cccc(F)c2C#N)CC1. The van der Waals surface area contributed by atoms with Crippen LogP contribution in [0.25, 0.3) is 0 Å². The van der Waals surface area contributed by atoms with Crippen LogP contribution in [0.5, 0.6) is 0 Å². The van der Waals surface area contributed by atoms with Crippen LogP contribution in [0.2, 0.25) is 0 Å². The summed E-state index contributed by atoms with van der Waals surface area (Å²) in [6.45, 7) is 1.33. The second-order valence-corrected chi connectivity index (χ2v) is 8.88. The molecular formula is C18H24FN3O2S. The molecule has 0 amide bonds. The Labute approximate surface area is 149 Å². The topological polar surface area (TPSA) is 64.4 Å². The van der Waals surface area contributed by atoms with Gasteiger partial charge in [0.1, 0.15) is 17.4 Å². The van der Waals surface area contributed by atoms with Crippen molar-refractivity contribution in [3.63, 3.8) is 0 Å². The lowest BCUT2D eigenvalue weighted by Gasteiger charge is -2.40. The normalized spacial score (nSPS) is 22.3. The number of nitriles is 1. The molecule has 0 aromatic heterocycles. The number of rotatable bonds is 4. The number of sulfonamides is 1. The second-order valence-electron chi connectivity index (χ2n) is 7.00. The van der Waals surface area contributed by atoms with E-state index in [2.05, 4.69) is 0 Å². The van der Waals surface area contributed by atoms with Gasteiger partial charge in [-0.15, -0.1) is 0 Å². The Bertz CT molecular complexity index is 771. The lowest BCUT2D eigenvalue weighted by atomic mass is 9.91. The van der Waals surface area contributed by atoms with Gasteiger partial charge in [0.05, 0.1) is 11.9 Å². The maximum Gasteiger partial charge on any atom is 0.211 e. The van der Waals surface area contributed by atoms with E-state index in [0.717, 1.165) is 32.1 Å². The highest BCUT2D eigenvalue weighted by Gasteiger charge is 2.37. The molecule has 0 spiro atoms. The van der Waals surface area contributed by atoms with Crippen LogP contribution in [0.1, 0.15) is 44.1 Å². The van der Waals surface area contributed by atoms with Gasteiger partial charge in [0.25, 0.3) is 0 Å². The van der Waals surface area contributed by atoms with E-state index >= 15 is 0 Å². The van der Waals surface area contributed by atoms with E-state index in [1.807, 2.05) is 11.0 Å². The van der Waals surface area contributed by atoms with Crippen LogP contribution >= 0.6 is 0 Å². The fourth-order valence-corrected chi connectivity index (χ4v) is 5.45. The standard InChI is InChI=1S/C18H24FN3O2S/c1-25(23,24)22(14-5-2-6-14)15-7-4-11-21(12-10-15)18-9-3-8-17(19)16(18)13-20/h3,8-9,14-15H,2,4-7,10-12H2,1H3. The molecule has 0 radical (unpaired) electrons. The van der Waals surface area contributed by atoms with E-state index in [9.17, 15) is 18.1 Å². The molecule has 1 saturated heterocycles. The van der Waals surface area contributed by atoms with Crippen molar-refractivity contribution in [2.24, 2.45) is 0 Å². The quantitative estimate of drug-likeness (QED) is 0.823. The molecule has 0 bridgehead atoms. The van der Waals surface area contributed by atoms with Gasteiger partial charge in [-0.1, -0.05) is 12.5 Å². The van der Waals surface area contributed by atoms with Crippen LogP contribution in [0.4, 0.5) is 10.1 Å². The number of hydrogen-bond donors (Lipinski definition) is 0. The minimum absolute atomic E-state index is 0.00982. The zero-order chi connectivity index (χ0) is 18.0. The molecule has 7 heteroatoms. The summed E-state index contributed by atoms with van der Waals surface area (Å²) in [5, 5.41) is 9.26. The molecule has 1 unspecified atom stereocenters. The van der Waals surface area contributed by atoms with Gasteiger partial charge in [0, 0.05) is 25.2 Å². The summed E-state index contributed by atoms with van der Waals surface area (Å²) in [6, 6.07) is 6.76. The van der Waals surface area contributed by atoms with E-state index < -0.39 is 15.8 Å². The maximum atomic E-state index is 13.9. The number of benzene rings is 1. The average Bonchev–Trinajstić information content (AvgIpc) is 2.75. The molecule has 3 rings (SSSR count). The summed E-state index contributed by atoms with van der Waals surface area (Å²) >= 11 is 0. The van der Waals surface area contributed by atoms with Crippen molar-refractivity contribution in [2.75, 3.05) is 24.2 Å². The van der Waals surface area contributed by atoms with Gasteiger partial charge in [0.15, 0.2) is 0 Å². The molecule has 5 nitrogen and oxygen atoms in total. The lowest BCUT2D eigenvalue weighted by molar-refractivity contribution is 0.164. The number of hydrogen-bond acceptors (Lipinski definition) is 4. The highest BCUT2D eigenvalue weighted by Crippen LogP contribution is 2.33. The van der Waals surface area contributed by atoms with Crippen molar-refractivity contribution in [1.82, 2.24) is 4.31 Å². The molecule has 1 aliphatic heterocycles. The van der Waals surface area contributed by atoms with Gasteiger partial charge in [-0.05, 0) is 44.2 Å². The first-order valence-corrected chi connectivity index (χ1v) is 10.7. The molecule has 25 heavy (non-hydrogen) atoms. The predicted octanol–water partition coefficient (Wildman–Crippen LogP) is 2.87. The zero-order valence-electron chi connectivity index (χ0n) is 14.5. The molecule has 2 fully saturated rings. The van der Waals surface area contributed by atoms with Gasteiger partial charge >= 0.3 is 0 Å². The highest BCUT2D eigenvalue weighted by atomic mass is 32.2. The fourth-order valence-electron chi connectivity index (χ4n) is 3.94. The largest absolute Gasteiger partial charge is 0.370 e. The minimum Gasteiger partial charge on any atom is -0.370 e. The molecule has 2 aliphatic rings. The molecule has 1 aromatic carbocycles. The Kier molecular flexibility index (Phi) is 5.30. The second kappa shape index (κ2) is 7.30. The molecular weight excluding hydrogens is 341 g/mol. The summed E-state index contributed by atoms with van der Waals surface area (Å²) in [7, 11) is -3.24. The van der Waals surface area contributed by atoms with Gasteiger partial charge < -0.3 is 4.90 Å². The van der Waals surface area contributed by atoms with Crippen molar-refractivity contribution >= 4 is 15.7 Å². The van der Waals surface area contributed by atoms with E-state index in [-0.39, 0.29) is 17.6 Å². The van der Waals surface area contributed by atoms with Crippen molar-refractivity contribution in [2.45, 2.75) is 50.6 Å². The Morgan fingerprint density at radius 3 is 2.44 bits per heavy atom. The first kappa shape index (κ1) is 18.2. The fraction of sp³-hybridized carbons (Fsp3) is 0.611. The van der Waals surface area contributed by atoms with Crippen molar-refractivity contribution < 1.29 is 12.8 Å². The van der Waals surface area contributed by atoms with Crippen molar-refractivity contribution in [1.29, 1.82) is 5.26 Å². The van der Waals surface area contributed by atoms with Crippen LogP contribution in [-0.4, -0.2) is 44.2 Å². The summed E-state index contributed by atoms with van der Waals surface area (Å²) in [5.41, 5.74) is 0.678. The lowest BCUT2D eigenvalue weighted by Crippen LogP contribution is -2.49. The molecule has 136 valence electrons. The monoisotopic (exact) mass is 365 g/mol. The molecule has 1 atom stereocenters. The Balaban J connectivity index is 1.79. The Hall–Kier alpha value is -1.65. The van der Waals surface area contributed by atoms with Crippen molar-refractivity contribution in [3.05, 3.63) is 29.6 Å². The summed E-state index contributed by atoms with van der Waals surface area (Å²) in [6.07, 6.45) is 6.59. The van der Waals surface area contributed by atoms with Crippen LogP contribution in [0, 0.1) is 17.1 Å². The summed E-state index contributed by atoms with van der Waals surface area (Å²) in [5.74, 6) is -0.506. The van der Waals surface area contributed by atoms with E-state index in [4.69, 9.17) is 0 Å². The van der Waals surface area contributed by atoms with Crippen LogP contribution < -0.4 is 4.90 Å². The van der Waals surface area contributed by atoms with Gasteiger partial charge in [-0.3, -0.25) is 0 Å². The first-order chi connectivity index (χ1) is 11.9. The number of anilines is 1. The molecule has 1 aliphatic carbocycles. The van der Waals surface area contributed by atoms with E-state index in [1.54, 1.807) is 16.4 Å². The zero-order valence-corrected chi connectivity index (χ0v) is 15.3. The number of halogens is 1. The smallest absolute Gasteiger partial charge is 0.211 e. The summed E-state index contributed by atoms with van der Waals surface area (Å²) in [4.78, 5) is 2.02. The molecule has 0 N–H and O–H groups in total. The van der Waals surface area contributed by atoms with Crippen LogP contribution in [0.3, 0.4) is 0 Å².